The highest BCUT2D eigenvalue weighted by Gasteiger charge is 2.40. The molecule has 2 rings (SSSR count). The first-order valence-corrected chi connectivity index (χ1v) is 8.04. The fraction of sp³-hybridized carbons (Fsp3) is 0.471. The van der Waals surface area contributed by atoms with Crippen LogP contribution in [0.5, 0.6) is 0 Å². The number of aliphatic carboxylic acids is 2. The summed E-state index contributed by atoms with van der Waals surface area (Å²) in [4.78, 5) is 35.6. The monoisotopic (exact) mass is 350 g/mol. The van der Waals surface area contributed by atoms with Gasteiger partial charge in [0.25, 0.3) is 0 Å². The number of benzene rings is 1. The second-order valence-electron chi connectivity index (χ2n) is 6.04. The molecule has 0 saturated carbocycles. The van der Waals surface area contributed by atoms with E-state index in [0.29, 0.717) is 6.61 Å². The van der Waals surface area contributed by atoms with Crippen LogP contribution in [0.3, 0.4) is 0 Å². The van der Waals surface area contributed by atoms with Gasteiger partial charge in [0, 0.05) is 19.4 Å². The molecule has 4 N–H and O–H groups in total. The summed E-state index contributed by atoms with van der Waals surface area (Å²) in [5.41, 5.74) is 6.35. The third-order valence-electron chi connectivity index (χ3n) is 4.18. The van der Waals surface area contributed by atoms with E-state index >= 15 is 0 Å². The number of amides is 1. The number of rotatable bonds is 8. The summed E-state index contributed by atoms with van der Waals surface area (Å²) < 4.78 is 5.74. The Morgan fingerprint density at radius 3 is 2.52 bits per heavy atom. The summed E-state index contributed by atoms with van der Waals surface area (Å²) in [6.45, 7) is 0.509. The summed E-state index contributed by atoms with van der Waals surface area (Å²) in [5.74, 6) is -2.70. The van der Waals surface area contributed by atoms with Crippen LogP contribution in [-0.2, 0) is 25.7 Å². The molecule has 2 unspecified atom stereocenters. The van der Waals surface area contributed by atoms with Crippen LogP contribution in [-0.4, -0.2) is 57.7 Å². The van der Waals surface area contributed by atoms with Gasteiger partial charge in [0.1, 0.15) is 12.1 Å². The number of carboxylic acid groups (broad SMARTS) is 2. The SMILES string of the molecule is N[C@@H](CCC(=O)N1CC(OCc2ccccc2)CC1C(=O)O)C(=O)O. The number of nitrogens with two attached hydrogens (primary N) is 1. The van der Waals surface area contributed by atoms with Gasteiger partial charge in [-0.05, 0) is 12.0 Å². The molecule has 1 amide bonds. The fourth-order valence-electron chi connectivity index (χ4n) is 2.76. The molecule has 0 spiro atoms. The highest BCUT2D eigenvalue weighted by Crippen LogP contribution is 2.23. The average molecular weight is 350 g/mol. The van der Waals surface area contributed by atoms with Crippen molar-refractivity contribution in [2.45, 2.75) is 44.1 Å². The number of carbonyl (C=O) groups is 3. The lowest BCUT2D eigenvalue weighted by atomic mass is 10.1. The van der Waals surface area contributed by atoms with Gasteiger partial charge in [-0.1, -0.05) is 30.3 Å². The maximum Gasteiger partial charge on any atom is 0.326 e. The minimum absolute atomic E-state index is 0.0352. The summed E-state index contributed by atoms with van der Waals surface area (Å²) in [6, 6.07) is 7.36. The Balaban J connectivity index is 1.91. The van der Waals surface area contributed by atoms with Crippen LogP contribution < -0.4 is 5.73 Å². The van der Waals surface area contributed by atoms with Crippen LogP contribution in [0.15, 0.2) is 30.3 Å². The van der Waals surface area contributed by atoms with Crippen molar-refractivity contribution in [2.24, 2.45) is 5.73 Å². The summed E-state index contributed by atoms with van der Waals surface area (Å²) >= 11 is 0. The van der Waals surface area contributed by atoms with Crippen molar-refractivity contribution in [2.75, 3.05) is 6.54 Å². The largest absolute Gasteiger partial charge is 0.480 e. The molecule has 136 valence electrons. The van der Waals surface area contributed by atoms with Crippen molar-refractivity contribution >= 4 is 17.8 Å². The lowest BCUT2D eigenvalue weighted by molar-refractivity contribution is -0.148. The van der Waals surface area contributed by atoms with E-state index in [9.17, 15) is 19.5 Å². The minimum atomic E-state index is -1.19. The molecule has 25 heavy (non-hydrogen) atoms. The van der Waals surface area contributed by atoms with E-state index in [4.69, 9.17) is 15.6 Å². The van der Waals surface area contributed by atoms with Crippen LogP contribution in [0.4, 0.5) is 0 Å². The summed E-state index contributed by atoms with van der Waals surface area (Å²) in [7, 11) is 0. The second kappa shape index (κ2) is 8.59. The predicted octanol–water partition coefficient (Wildman–Crippen LogP) is 0.449. The van der Waals surface area contributed by atoms with E-state index < -0.39 is 29.9 Å². The zero-order valence-corrected chi connectivity index (χ0v) is 13.7. The first-order valence-electron chi connectivity index (χ1n) is 8.04. The number of ether oxygens (including phenoxy) is 1. The lowest BCUT2D eigenvalue weighted by Crippen LogP contribution is -2.41. The van der Waals surface area contributed by atoms with Gasteiger partial charge in [-0.15, -0.1) is 0 Å². The maximum atomic E-state index is 12.3. The third-order valence-corrected chi connectivity index (χ3v) is 4.18. The fourth-order valence-corrected chi connectivity index (χ4v) is 2.76. The zero-order valence-electron chi connectivity index (χ0n) is 13.7. The summed E-state index contributed by atoms with van der Waals surface area (Å²) in [6.07, 6.45) is -0.313. The molecule has 1 fully saturated rings. The standard InChI is InChI=1S/C17H22N2O6/c18-13(16(21)22)6-7-15(20)19-9-12(8-14(19)17(23)24)25-10-11-4-2-1-3-5-11/h1-5,12-14H,6-10,18H2,(H,21,22)(H,23,24)/t12?,13-,14?/m0/s1. The van der Waals surface area contributed by atoms with Crippen molar-refractivity contribution in [1.82, 2.24) is 4.90 Å². The van der Waals surface area contributed by atoms with Crippen LogP contribution >= 0.6 is 0 Å². The molecule has 0 aliphatic carbocycles. The van der Waals surface area contributed by atoms with Crippen LogP contribution in [0.2, 0.25) is 0 Å². The number of hydrogen-bond acceptors (Lipinski definition) is 5. The first-order chi connectivity index (χ1) is 11.9. The maximum absolute atomic E-state index is 12.3. The van der Waals surface area contributed by atoms with Crippen molar-refractivity contribution in [3.05, 3.63) is 35.9 Å². The Labute approximate surface area is 145 Å². The molecule has 1 aromatic rings. The van der Waals surface area contributed by atoms with Gasteiger partial charge in [-0.3, -0.25) is 9.59 Å². The van der Waals surface area contributed by atoms with E-state index in [0.717, 1.165) is 5.56 Å². The molecule has 8 heteroatoms. The van der Waals surface area contributed by atoms with Gasteiger partial charge in [-0.25, -0.2) is 4.79 Å². The van der Waals surface area contributed by atoms with Crippen molar-refractivity contribution in [3.63, 3.8) is 0 Å². The molecule has 1 saturated heterocycles. The van der Waals surface area contributed by atoms with Crippen molar-refractivity contribution in [1.29, 1.82) is 0 Å². The molecule has 8 nitrogen and oxygen atoms in total. The molecule has 3 atom stereocenters. The van der Waals surface area contributed by atoms with Gasteiger partial charge >= 0.3 is 11.9 Å². The molecule has 0 aromatic heterocycles. The Bertz CT molecular complexity index is 621. The molecule has 0 bridgehead atoms. The topological polar surface area (TPSA) is 130 Å². The van der Waals surface area contributed by atoms with E-state index in [1.54, 1.807) is 0 Å². The normalized spacial score (nSPS) is 21.1. The molecule has 1 aliphatic heterocycles. The summed E-state index contributed by atoms with van der Waals surface area (Å²) in [5, 5.41) is 18.1. The number of carboxylic acids is 2. The van der Waals surface area contributed by atoms with Gasteiger partial charge in [0.15, 0.2) is 0 Å². The predicted molar refractivity (Wildman–Crippen MR) is 87.6 cm³/mol. The number of likely N-dealkylation sites (tertiary alicyclic amines) is 1. The molecule has 0 radical (unpaired) electrons. The molecule has 1 aromatic carbocycles. The average Bonchev–Trinajstić information content (AvgIpc) is 3.03. The van der Waals surface area contributed by atoms with Crippen molar-refractivity contribution < 1.29 is 29.3 Å². The molecular weight excluding hydrogens is 328 g/mol. The zero-order chi connectivity index (χ0) is 18.4. The van der Waals surface area contributed by atoms with E-state index in [2.05, 4.69) is 0 Å². The Hall–Kier alpha value is -2.45. The lowest BCUT2D eigenvalue weighted by Gasteiger charge is -2.21. The van der Waals surface area contributed by atoms with E-state index in [1.165, 1.54) is 4.90 Å². The second-order valence-corrected chi connectivity index (χ2v) is 6.04. The van der Waals surface area contributed by atoms with Gasteiger partial charge < -0.3 is 25.6 Å². The Morgan fingerprint density at radius 2 is 1.92 bits per heavy atom. The quantitative estimate of drug-likeness (QED) is 0.620. The Kier molecular flexibility index (Phi) is 6.49. The van der Waals surface area contributed by atoms with Gasteiger partial charge in [0.05, 0.1) is 12.7 Å². The van der Waals surface area contributed by atoms with Crippen LogP contribution in [0.1, 0.15) is 24.8 Å². The Morgan fingerprint density at radius 1 is 1.24 bits per heavy atom. The van der Waals surface area contributed by atoms with Crippen LogP contribution in [0, 0.1) is 0 Å². The first kappa shape index (κ1) is 18.9. The molecule has 1 aliphatic rings. The molecular formula is C17H22N2O6. The number of carbonyl (C=O) groups excluding carboxylic acids is 1. The van der Waals surface area contributed by atoms with Gasteiger partial charge in [-0.2, -0.15) is 0 Å². The highest BCUT2D eigenvalue weighted by atomic mass is 16.5. The van der Waals surface area contributed by atoms with Crippen LogP contribution in [0.25, 0.3) is 0 Å². The van der Waals surface area contributed by atoms with Crippen molar-refractivity contribution in [3.8, 4) is 0 Å². The highest BCUT2D eigenvalue weighted by molar-refractivity contribution is 5.85. The number of nitrogens with zero attached hydrogens (tertiary/aromatic N) is 1. The smallest absolute Gasteiger partial charge is 0.326 e. The van der Waals surface area contributed by atoms with E-state index in [-0.39, 0.29) is 31.9 Å². The molecule has 1 heterocycles. The number of hydrogen-bond donors (Lipinski definition) is 3. The minimum Gasteiger partial charge on any atom is -0.480 e. The third kappa shape index (κ3) is 5.27. The van der Waals surface area contributed by atoms with E-state index in [1.807, 2.05) is 30.3 Å². The van der Waals surface area contributed by atoms with Gasteiger partial charge in [0.2, 0.25) is 5.91 Å².